The lowest BCUT2D eigenvalue weighted by atomic mass is 10.2. The molecule has 0 atom stereocenters. The number of halogens is 1. The zero-order valence-corrected chi connectivity index (χ0v) is 12.5. The molecule has 3 rings (SSSR count). The summed E-state index contributed by atoms with van der Waals surface area (Å²) in [5.41, 5.74) is 0.430. The van der Waals surface area contributed by atoms with E-state index in [1.807, 2.05) is 0 Å². The van der Waals surface area contributed by atoms with E-state index in [9.17, 15) is 14.7 Å². The molecule has 0 fully saturated rings. The van der Waals surface area contributed by atoms with E-state index in [0.29, 0.717) is 16.4 Å². The first kappa shape index (κ1) is 15.1. The molecule has 2 aromatic heterocycles. The fraction of sp³-hybridized carbons (Fsp3) is 0.0625. The van der Waals surface area contributed by atoms with Gasteiger partial charge in [0.1, 0.15) is 23.6 Å². The molecule has 0 bridgehead atoms. The number of aromatic nitrogens is 2. The quantitative estimate of drug-likeness (QED) is 0.746. The fourth-order valence-corrected chi connectivity index (χ4v) is 2.22. The topological polar surface area (TPSA) is 80.9 Å². The number of aromatic hydroxyl groups is 1. The van der Waals surface area contributed by atoms with Crippen molar-refractivity contribution in [2.75, 3.05) is 0 Å². The second-order valence-corrected chi connectivity index (χ2v) is 5.19. The summed E-state index contributed by atoms with van der Waals surface area (Å²) in [5, 5.41) is 10.0. The Morgan fingerprint density at radius 1 is 1.26 bits per heavy atom. The molecule has 7 heteroatoms. The van der Waals surface area contributed by atoms with Crippen molar-refractivity contribution >= 4 is 23.2 Å². The van der Waals surface area contributed by atoms with E-state index < -0.39 is 5.97 Å². The van der Waals surface area contributed by atoms with Crippen molar-refractivity contribution in [2.24, 2.45) is 0 Å². The van der Waals surface area contributed by atoms with Gasteiger partial charge in [-0.15, -0.1) is 0 Å². The first-order chi connectivity index (χ1) is 11.0. The molecule has 23 heavy (non-hydrogen) atoms. The number of fused-ring (bicyclic) bond motifs is 1. The first-order valence-electron chi connectivity index (χ1n) is 6.67. The normalized spacial score (nSPS) is 10.7. The highest BCUT2D eigenvalue weighted by Gasteiger charge is 2.12. The van der Waals surface area contributed by atoms with Crippen molar-refractivity contribution in [1.29, 1.82) is 0 Å². The number of carbonyl (C=O) groups is 1. The second kappa shape index (κ2) is 6.10. The number of carbonyl (C=O) groups excluding carboxylic acids is 1. The molecule has 0 aliphatic carbocycles. The summed E-state index contributed by atoms with van der Waals surface area (Å²) < 4.78 is 6.39. The molecule has 0 spiro atoms. The summed E-state index contributed by atoms with van der Waals surface area (Å²) in [6.07, 6.45) is 1.46. The Bertz CT molecular complexity index is 952. The summed E-state index contributed by atoms with van der Waals surface area (Å²) in [5.74, 6) is -0.861. The molecule has 0 radical (unpaired) electrons. The number of para-hydroxylation sites is 1. The van der Waals surface area contributed by atoms with Gasteiger partial charge < -0.3 is 9.84 Å². The lowest BCUT2D eigenvalue weighted by molar-refractivity contribution is 0.0464. The summed E-state index contributed by atoms with van der Waals surface area (Å²) >= 11 is 5.84. The number of pyridine rings is 1. The van der Waals surface area contributed by atoms with Crippen LogP contribution in [0.2, 0.25) is 5.02 Å². The lowest BCUT2D eigenvalue weighted by Crippen LogP contribution is -2.16. The maximum Gasteiger partial charge on any atom is 0.342 e. The third kappa shape index (κ3) is 3.17. The van der Waals surface area contributed by atoms with Crippen LogP contribution in [-0.2, 0) is 11.3 Å². The van der Waals surface area contributed by atoms with E-state index in [1.54, 1.807) is 24.3 Å². The Morgan fingerprint density at radius 2 is 2.04 bits per heavy atom. The van der Waals surface area contributed by atoms with Crippen LogP contribution in [0.15, 0.2) is 53.5 Å². The van der Waals surface area contributed by atoms with Crippen LogP contribution in [0.25, 0.3) is 5.65 Å². The zero-order valence-electron chi connectivity index (χ0n) is 11.8. The summed E-state index contributed by atoms with van der Waals surface area (Å²) in [4.78, 5) is 28.2. The van der Waals surface area contributed by atoms with Gasteiger partial charge in [0.05, 0.1) is 10.7 Å². The summed E-state index contributed by atoms with van der Waals surface area (Å²) in [6, 6.07) is 10.5. The smallest absolute Gasteiger partial charge is 0.342 e. The van der Waals surface area contributed by atoms with Gasteiger partial charge in [-0.2, -0.15) is 0 Å². The van der Waals surface area contributed by atoms with Crippen LogP contribution in [0.3, 0.4) is 0 Å². The number of hydrogen-bond acceptors (Lipinski definition) is 5. The van der Waals surface area contributed by atoms with E-state index in [1.165, 1.54) is 28.8 Å². The minimum atomic E-state index is -0.693. The van der Waals surface area contributed by atoms with E-state index in [-0.39, 0.29) is 23.5 Å². The minimum Gasteiger partial charge on any atom is -0.507 e. The minimum absolute atomic E-state index is 0.0526. The van der Waals surface area contributed by atoms with E-state index in [4.69, 9.17) is 16.3 Å². The Balaban J connectivity index is 1.82. The lowest BCUT2D eigenvalue weighted by Gasteiger charge is -2.07. The number of rotatable bonds is 3. The molecule has 0 saturated carbocycles. The van der Waals surface area contributed by atoms with Gasteiger partial charge in [-0.3, -0.25) is 9.20 Å². The number of ether oxygens (including phenoxy) is 1. The Labute approximate surface area is 135 Å². The summed E-state index contributed by atoms with van der Waals surface area (Å²) in [7, 11) is 0. The number of hydrogen-bond donors (Lipinski definition) is 1. The van der Waals surface area contributed by atoms with Crippen molar-refractivity contribution in [3.63, 3.8) is 0 Å². The first-order valence-corrected chi connectivity index (χ1v) is 7.05. The molecule has 0 aliphatic heterocycles. The highest BCUT2D eigenvalue weighted by Crippen LogP contribution is 2.17. The van der Waals surface area contributed by atoms with E-state index in [0.717, 1.165) is 0 Å². The van der Waals surface area contributed by atoms with Crippen LogP contribution in [-0.4, -0.2) is 20.5 Å². The highest BCUT2D eigenvalue weighted by atomic mass is 35.5. The van der Waals surface area contributed by atoms with Crippen LogP contribution < -0.4 is 5.56 Å². The SMILES string of the molecule is O=C(OCc1cc(=O)n2cc(Cl)ccc2n1)c1ccccc1O. The van der Waals surface area contributed by atoms with Gasteiger partial charge in [0.2, 0.25) is 0 Å². The zero-order chi connectivity index (χ0) is 16.4. The van der Waals surface area contributed by atoms with Gasteiger partial charge in [0, 0.05) is 12.3 Å². The maximum absolute atomic E-state index is 12.0. The number of benzene rings is 1. The average molecular weight is 331 g/mol. The molecule has 0 unspecified atom stereocenters. The van der Waals surface area contributed by atoms with Gasteiger partial charge in [0.15, 0.2) is 0 Å². The number of phenolic OH excluding ortho intramolecular Hbond substituents is 1. The number of phenols is 1. The summed E-state index contributed by atoms with van der Waals surface area (Å²) in [6.45, 7) is -0.179. The molecule has 116 valence electrons. The standard InChI is InChI=1S/C16H11ClN2O4/c17-10-5-6-14-18-11(7-15(21)19(14)8-10)9-23-16(22)12-3-1-2-4-13(12)20/h1-8,20H,9H2. The Hall–Kier alpha value is -2.86. The molecular weight excluding hydrogens is 320 g/mol. The molecule has 1 N–H and O–H groups in total. The molecule has 0 saturated heterocycles. The monoisotopic (exact) mass is 330 g/mol. The van der Waals surface area contributed by atoms with Crippen LogP contribution >= 0.6 is 11.6 Å². The maximum atomic E-state index is 12.0. The molecule has 1 aromatic carbocycles. The van der Waals surface area contributed by atoms with Crippen molar-refractivity contribution in [3.8, 4) is 5.75 Å². The van der Waals surface area contributed by atoms with Crippen molar-refractivity contribution < 1.29 is 14.6 Å². The predicted octanol–water partition coefficient (Wildman–Crippen LogP) is 2.41. The fourth-order valence-electron chi connectivity index (χ4n) is 2.06. The van der Waals surface area contributed by atoms with Gasteiger partial charge in [-0.25, -0.2) is 9.78 Å². The highest BCUT2D eigenvalue weighted by molar-refractivity contribution is 6.30. The Morgan fingerprint density at radius 3 is 2.83 bits per heavy atom. The van der Waals surface area contributed by atoms with Crippen LogP contribution in [0, 0.1) is 0 Å². The molecular formula is C16H11ClN2O4. The van der Waals surface area contributed by atoms with Gasteiger partial charge in [-0.05, 0) is 24.3 Å². The van der Waals surface area contributed by atoms with Crippen LogP contribution in [0.4, 0.5) is 0 Å². The molecule has 0 aliphatic rings. The van der Waals surface area contributed by atoms with Gasteiger partial charge in [0.25, 0.3) is 5.56 Å². The van der Waals surface area contributed by atoms with Crippen LogP contribution in [0.5, 0.6) is 5.75 Å². The van der Waals surface area contributed by atoms with Crippen molar-refractivity contribution in [2.45, 2.75) is 6.61 Å². The number of esters is 1. The molecule has 2 heterocycles. The largest absolute Gasteiger partial charge is 0.507 e. The van der Waals surface area contributed by atoms with E-state index >= 15 is 0 Å². The number of nitrogens with zero attached hydrogens (tertiary/aromatic N) is 2. The average Bonchev–Trinajstić information content (AvgIpc) is 2.54. The van der Waals surface area contributed by atoms with Crippen molar-refractivity contribution in [1.82, 2.24) is 9.38 Å². The van der Waals surface area contributed by atoms with Gasteiger partial charge >= 0.3 is 5.97 Å². The van der Waals surface area contributed by atoms with E-state index in [2.05, 4.69) is 4.98 Å². The predicted molar refractivity (Wildman–Crippen MR) is 83.7 cm³/mol. The third-order valence-corrected chi connectivity index (χ3v) is 3.38. The van der Waals surface area contributed by atoms with Crippen molar-refractivity contribution in [3.05, 3.63) is 75.3 Å². The molecule has 6 nitrogen and oxygen atoms in total. The Kier molecular flexibility index (Phi) is 3.99. The third-order valence-electron chi connectivity index (χ3n) is 3.15. The molecule has 0 amide bonds. The van der Waals surface area contributed by atoms with Crippen LogP contribution in [0.1, 0.15) is 16.1 Å². The second-order valence-electron chi connectivity index (χ2n) is 4.75. The van der Waals surface area contributed by atoms with Gasteiger partial charge in [-0.1, -0.05) is 23.7 Å². The molecule has 3 aromatic rings.